The standard InChI is InChI=1S/C31H33N9O4/c1-18(28-30-23(32-10-11-33-30)14-26(36-28)35-20-6-7-20)44-21-8-9-24-22(13-21)29(19-15-34-38(2)16-19)37-40(24)17-27(41)39-12-4-5-25(39)31(42)43-3/h8-11,13-16,18,20,25H,4-7,12,17H2,1-3H3,(H,35,36)/t18-,25+/m1/s1. The second kappa shape index (κ2) is 11.2. The molecule has 7 rings (SSSR count). The first-order chi connectivity index (χ1) is 21.4. The van der Waals surface area contributed by atoms with Gasteiger partial charge in [-0.3, -0.25) is 24.1 Å². The Kier molecular flexibility index (Phi) is 7.07. The fourth-order valence-corrected chi connectivity index (χ4v) is 5.82. The molecule has 226 valence electrons. The van der Waals surface area contributed by atoms with Crippen LogP contribution in [0.5, 0.6) is 5.75 Å². The highest BCUT2D eigenvalue weighted by molar-refractivity contribution is 5.95. The van der Waals surface area contributed by atoms with E-state index in [0.29, 0.717) is 41.7 Å². The van der Waals surface area contributed by atoms with Gasteiger partial charge in [-0.1, -0.05) is 0 Å². The summed E-state index contributed by atoms with van der Waals surface area (Å²) < 4.78 is 14.8. The molecule has 44 heavy (non-hydrogen) atoms. The lowest BCUT2D eigenvalue weighted by Crippen LogP contribution is -2.42. The molecule has 1 aliphatic carbocycles. The minimum Gasteiger partial charge on any atom is -0.484 e. The summed E-state index contributed by atoms with van der Waals surface area (Å²) in [6.07, 6.45) is 10.1. The number of aryl methyl sites for hydroxylation is 1. The Labute approximate surface area is 253 Å². The van der Waals surface area contributed by atoms with Crippen LogP contribution in [0.25, 0.3) is 33.2 Å². The lowest BCUT2D eigenvalue weighted by molar-refractivity contribution is -0.151. The fraction of sp³-hybridized carbons (Fsp3) is 0.387. The molecule has 4 aromatic heterocycles. The molecule has 0 radical (unpaired) electrons. The average molecular weight is 596 g/mol. The fourth-order valence-electron chi connectivity index (χ4n) is 5.82. The van der Waals surface area contributed by atoms with Crippen molar-refractivity contribution in [2.24, 2.45) is 7.05 Å². The smallest absolute Gasteiger partial charge is 0.328 e. The van der Waals surface area contributed by atoms with E-state index in [0.717, 1.165) is 47.1 Å². The first-order valence-electron chi connectivity index (χ1n) is 14.8. The predicted octanol–water partition coefficient (Wildman–Crippen LogP) is 3.65. The summed E-state index contributed by atoms with van der Waals surface area (Å²) in [5.41, 5.74) is 4.38. The van der Waals surface area contributed by atoms with Crippen LogP contribution in [0.2, 0.25) is 0 Å². The average Bonchev–Trinajstić information content (AvgIpc) is 3.38. The number of aromatic nitrogens is 7. The number of carbonyl (C=O) groups is 2. The summed E-state index contributed by atoms with van der Waals surface area (Å²) in [6, 6.07) is 7.48. The number of ether oxygens (including phenoxy) is 2. The van der Waals surface area contributed by atoms with Crippen molar-refractivity contribution in [3.8, 4) is 17.0 Å². The molecule has 13 heteroatoms. The van der Waals surface area contributed by atoms with Crippen molar-refractivity contribution < 1.29 is 19.1 Å². The maximum Gasteiger partial charge on any atom is 0.328 e. The van der Waals surface area contributed by atoms with Gasteiger partial charge >= 0.3 is 5.97 Å². The van der Waals surface area contributed by atoms with Gasteiger partial charge in [0.25, 0.3) is 0 Å². The summed E-state index contributed by atoms with van der Waals surface area (Å²) in [4.78, 5) is 41.2. The first kappa shape index (κ1) is 27.7. The predicted molar refractivity (Wildman–Crippen MR) is 162 cm³/mol. The van der Waals surface area contributed by atoms with E-state index in [1.54, 1.807) is 32.9 Å². The number of nitrogens with zero attached hydrogens (tertiary/aromatic N) is 8. The van der Waals surface area contributed by atoms with Crippen molar-refractivity contribution in [1.29, 1.82) is 0 Å². The Morgan fingerprint density at radius 1 is 1.14 bits per heavy atom. The van der Waals surface area contributed by atoms with E-state index in [4.69, 9.17) is 19.6 Å². The molecule has 1 aliphatic heterocycles. The van der Waals surface area contributed by atoms with Gasteiger partial charge in [0, 0.05) is 55.2 Å². The van der Waals surface area contributed by atoms with E-state index in [9.17, 15) is 9.59 Å². The third-order valence-corrected chi connectivity index (χ3v) is 8.14. The summed E-state index contributed by atoms with van der Waals surface area (Å²) in [7, 11) is 3.19. The van der Waals surface area contributed by atoms with Gasteiger partial charge in [-0.25, -0.2) is 9.78 Å². The van der Waals surface area contributed by atoms with Crippen molar-refractivity contribution in [3.05, 3.63) is 54.7 Å². The number of amides is 1. The van der Waals surface area contributed by atoms with E-state index in [1.165, 1.54) is 7.11 Å². The van der Waals surface area contributed by atoms with Gasteiger partial charge < -0.3 is 19.7 Å². The van der Waals surface area contributed by atoms with E-state index in [1.807, 2.05) is 44.4 Å². The lowest BCUT2D eigenvalue weighted by Gasteiger charge is -2.22. The zero-order chi connectivity index (χ0) is 30.4. The van der Waals surface area contributed by atoms with Gasteiger partial charge in [0.05, 0.1) is 24.3 Å². The number of carbonyl (C=O) groups excluding carboxylic acids is 2. The molecule has 1 saturated heterocycles. The van der Waals surface area contributed by atoms with Gasteiger partial charge in [0.2, 0.25) is 5.91 Å². The molecular weight excluding hydrogens is 562 g/mol. The Balaban J connectivity index is 1.21. The van der Waals surface area contributed by atoms with E-state index in [2.05, 4.69) is 20.4 Å². The normalized spacial score (nSPS) is 17.2. The molecule has 1 saturated carbocycles. The number of hydrogen-bond donors (Lipinski definition) is 1. The molecule has 2 aliphatic rings. The molecule has 2 atom stereocenters. The van der Waals surface area contributed by atoms with E-state index < -0.39 is 18.1 Å². The van der Waals surface area contributed by atoms with Crippen LogP contribution in [0, 0.1) is 0 Å². The van der Waals surface area contributed by atoms with E-state index >= 15 is 0 Å². The molecule has 0 unspecified atom stereocenters. The Morgan fingerprint density at radius 3 is 2.75 bits per heavy atom. The molecule has 2 fully saturated rings. The van der Waals surface area contributed by atoms with Gasteiger partial charge in [-0.15, -0.1) is 0 Å². The number of methoxy groups -OCH3 is 1. The van der Waals surface area contributed by atoms with Gasteiger partial charge in [0.15, 0.2) is 0 Å². The monoisotopic (exact) mass is 595 g/mol. The summed E-state index contributed by atoms with van der Waals surface area (Å²) in [5.74, 6) is 0.798. The second-order valence-electron chi connectivity index (χ2n) is 11.4. The molecule has 0 bridgehead atoms. The zero-order valence-corrected chi connectivity index (χ0v) is 24.8. The number of fused-ring (bicyclic) bond motifs is 2. The van der Waals surface area contributed by atoms with Crippen molar-refractivity contribution in [2.45, 2.75) is 57.3 Å². The third-order valence-electron chi connectivity index (χ3n) is 8.14. The topological polar surface area (TPSA) is 142 Å². The number of likely N-dealkylation sites (tertiary alicyclic amines) is 1. The van der Waals surface area contributed by atoms with Crippen molar-refractivity contribution in [3.63, 3.8) is 0 Å². The number of rotatable bonds is 9. The SMILES string of the molecule is COC(=O)[C@@H]1CCCN1C(=O)Cn1nc(-c2cnn(C)c2)c2cc(O[C@H](C)c3nc(NC4CC4)cc4nccnc34)ccc21. The Hall–Kier alpha value is -5.07. The first-order valence-corrected chi connectivity index (χ1v) is 14.8. The number of anilines is 1. The number of benzene rings is 1. The molecule has 13 nitrogen and oxygen atoms in total. The number of hydrogen-bond acceptors (Lipinski definition) is 10. The third kappa shape index (κ3) is 5.29. The number of esters is 1. The van der Waals surface area contributed by atoms with Crippen LogP contribution in [0.3, 0.4) is 0 Å². The van der Waals surface area contributed by atoms with Crippen LogP contribution >= 0.6 is 0 Å². The van der Waals surface area contributed by atoms with Crippen molar-refractivity contribution in [1.82, 2.24) is 39.4 Å². The lowest BCUT2D eigenvalue weighted by atomic mass is 10.1. The number of pyridine rings is 1. The van der Waals surface area contributed by atoms with Crippen LogP contribution in [-0.4, -0.2) is 77.0 Å². The Bertz CT molecular complexity index is 1880. The van der Waals surface area contributed by atoms with E-state index in [-0.39, 0.29) is 12.5 Å². The van der Waals surface area contributed by atoms with Crippen molar-refractivity contribution in [2.75, 3.05) is 19.0 Å². The number of nitrogens with one attached hydrogen (secondary N) is 1. The summed E-state index contributed by atoms with van der Waals surface area (Å²) in [6.45, 7) is 2.43. The highest BCUT2D eigenvalue weighted by Gasteiger charge is 2.35. The molecule has 5 aromatic rings. The largest absolute Gasteiger partial charge is 0.484 e. The van der Waals surface area contributed by atoms with Gasteiger partial charge in [-0.05, 0) is 50.8 Å². The van der Waals surface area contributed by atoms with Gasteiger partial charge in [-0.2, -0.15) is 10.2 Å². The minimum absolute atomic E-state index is 0.0176. The minimum atomic E-state index is -0.569. The van der Waals surface area contributed by atoms with Gasteiger partial charge in [0.1, 0.15) is 47.2 Å². The Morgan fingerprint density at radius 2 is 1.98 bits per heavy atom. The van der Waals surface area contributed by atoms with Crippen molar-refractivity contribution >= 4 is 39.6 Å². The quantitative estimate of drug-likeness (QED) is 0.251. The van der Waals surface area contributed by atoms with Crippen LogP contribution < -0.4 is 10.1 Å². The highest BCUT2D eigenvalue weighted by Crippen LogP contribution is 2.34. The molecule has 0 spiro atoms. The molecule has 1 aromatic carbocycles. The molecular formula is C31H33N9O4. The zero-order valence-electron chi connectivity index (χ0n) is 24.8. The van der Waals surface area contributed by atoms with Crippen LogP contribution in [0.4, 0.5) is 5.82 Å². The maximum atomic E-state index is 13.4. The maximum absolute atomic E-state index is 13.4. The molecule has 1 N–H and O–H groups in total. The molecule has 1 amide bonds. The van der Waals surface area contributed by atoms with Crippen LogP contribution in [0.15, 0.2) is 49.1 Å². The highest BCUT2D eigenvalue weighted by atomic mass is 16.5. The van der Waals surface area contributed by atoms with Crippen LogP contribution in [0.1, 0.15) is 44.4 Å². The second-order valence-corrected chi connectivity index (χ2v) is 11.4. The molecule has 5 heterocycles. The summed E-state index contributed by atoms with van der Waals surface area (Å²) >= 11 is 0. The van der Waals surface area contributed by atoms with Crippen LogP contribution in [-0.2, 0) is 27.9 Å². The summed E-state index contributed by atoms with van der Waals surface area (Å²) in [5, 5.41) is 13.4.